The van der Waals surface area contributed by atoms with E-state index in [9.17, 15) is 0 Å². The van der Waals surface area contributed by atoms with Crippen LogP contribution in [0.4, 0.5) is 0 Å². The van der Waals surface area contributed by atoms with Crippen LogP contribution in [0.1, 0.15) is 5.56 Å². The van der Waals surface area contributed by atoms with Crippen LogP contribution >= 0.6 is 23.2 Å². The third-order valence-electron chi connectivity index (χ3n) is 2.34. The first kappa shape index (κ1) is 13.5. The Morgan fingerprint density at radius 3 is 2.63 bits per heavy atom. The van der Waals surface area contributed by atoms with Gasteiger partial charge in [0.25, 0.3) is 0 Å². The minimum atomic E-state index is 0.0876. The summed E-state index contributed by atoms with van der Waals surface area (Å²) >= 11 is 11.9. The quantitative estimate of drug-likeness (QED) is 0.801. The number of hydrogen-bond donors (Lipinski definition) is 0. The van der Waals surface area contributed by atoms with E-state index in [0.717, 1.165) is 0 Å². The molecule has 0 bridgehead atoms. The van der Waals surface area contributed by atoms with Crippen molar-refractivity contribution in [3.8, 4) is 23.3 Å². The second kappa shape index (κ2) is 5.79. The van der Waals surface area contributed by atoms with Gasteiger partial charge in [0.05, 0.1) is 12.1 Å². The summed E-state index contributed by atoms with van der Waals surface area (Å²) in [5.74, 6) is 1.32. The third kappa shape index (κ3) is 2.90. The van der Waals surface area contributed by atoms with Crippen molar-refractivity contribution in [3.05, 3.63) is 46.2 Å². The Bertz CT molecular complexity index is 654. The van der Waals surface area contributed by atoms with Crippen LogP contribution in [-0.2, 0) is 0 Å². The van der Waals surface area contributed by atoms with Crippen LogP contribution in [0.3, 0.4) is 0 Å². The molecule has 19 heavy (non-hydrogen) atoms. The summed E-state index contributed by atoms with van der Waals surface area (Å²) in [6.07, 6.45) is 1.45. The zero-order valence-corrected chi connectivity index (χ0v) is 11.4. The largest absolute Gasteiger partial charge is 0.497 e. The van der Waals surface area contributed by atoms with Gasteiger partial charge in [0.1, 0.15) is 28.9 Å². The molecule has 0 radical (unpaired) electrons. The average molecular weight is 295 g/mol. The number of pyridine rings is 1. The van der Waals surface area contributed by atoms with Crippen LogP contribution < -0.4 is 9.47 Å². The first-order valence-corrected chi connectivity index (χ1v) is 5.97. The van der Waals surface area contributed by atoms with Gasteiger partial charge in [-0.25, -0.2) is 4.98 Å². The highest BCUT2D eigenvalue weighted by molar-refractivity contribution is 6.32. The average Bonchev–Trinajstić information content (AvgIpc) is 2.41. The fraction of sp³-hybridized carbons (Fsp3) is 0.0769. The van der Waals surface area contributed by atoms with E-state index in [1.165, 1.54) is 6.20 Å². The molecule has 0 saturated heterocycles. The highest BCUT2D eigenvalue weighted by Crippen LogP contribution is 2.34. The van der Waals surface area contributed by atoms with Gasteiger partial charge >= 0.3 is 0 Å². The van der Waals surface area contributed by atoms with Crippen LogP contribution in [0, 0.1) is 11.3 Å². The summed E-state index contributed by atoms with van der Waals surface area (Å²) in [5, 5.41) is 9.48. The minimum absolute atomic E-state index is 0.0876. The molecule has 0 aliphatic rings. The van der Waals surface area contributed by atoms with Crippen molar-refractivity contribution >= 4 is 23.2 Å². The number of methoxy groups -OCH3 is 1. The molecule has 0 unspecified atom stereocenters. The summed E-state index contributed by atoms with van der Waals surface area (Å²) in [5.41, 5.74) is 0.163. The number of rotatable bonds is 3. The van der Waals surface area contributed by atoms with Crippen molar-refractivity contribution in [2.75, 3.05) is 7.11 Å². The molecule has 2 rings (SSSR count). The molecule has 96 valence electrons. The maximum Gasteiger partial charge on any atom is 0.150 e. The second-order valence-electron chi connectivity index (χ2n) is 3.49. The van der Waals surface area contributed by atoms with Crippen molar-refractivity contribution in [3.63, 3.8) is 0 Å². The molecule has 0 saturated carbocycles. The van der Waals surface area contributed by atoms with Crippen molar-refractivity contribution < 1.29 is 9.47 Å². The first-order chi connectivity index (χ1) is 9.15. The molecule has 4 nitrogen and oxygen atoms in total. The Kier molecular flexibility index (Phi) is 4.10. The second-order valence-corrected chi connectivity index (χ2v) is 4.25. The fourth-order valence-corrected chi connectivity index (χ4v) is 1.82. The van der Waals surface area contributed by atoms with Gasteiger partial charge in [0.15, 0.2) is 5.15 Å². The lowest BCUT2D eigenvalue weighted by Gasteiger charge is -2.10. The number of nitrogens with zero attached hydrogens (tertiary/aromatic N) is 2. The zero-order chi connectivity index (χ0) is 13.8. The smallest absolute Gasteiger partial charge is 0.150 e. The number of hydrogen-bond acceptors (Lipinski definition) is 4. The SMILES string of the molecule is COc1ccc(Oc2ccnc(Cl)c2C#N)c(Cl)c1. The van der Waals surface area contributed by atoms with E-state index in [-0.39, 0.29) is 10.7 Å². The Hall–Kier alpha value is -1.96. The van der Waals surface area contributed by atoms with Crippen LogP contribution in [0.15, 0.2) is 30.5 Å². The minimum Gasteiger partial charge on any atom is -0.497 e. The summed E-state index contributed by atoms with van der Waals surface area (Å²) in [6, 6.07) is 8.46. The van der Waals surface area contributed by atoms with Crippen molar-refractivity contribution in [2.24, 2.45) is 0 Å². The molecule has 1 aromatic carbocycles. The van der Waals surface area contributed by atoms with Gasteiger partial charge < -0.3 is 9.47 Å². The fourth-order valence-electron chi connectivity index (χ4n) is 1.42. The van der Waals surface area contributed by atoms with Gasteiger partial charge in [-0.15, -0.1) is 0 Å². The van der Waals surface area contributed by atoms with Gasteiger partial charge in [0.2, 0.25) is 0 Å². The molecule has 2 aromatic rings. The van der Waals surface area contributed by atoms with E-state index in [1.54, 1.807) is 31.4 Å². The maximum absolute atomic E-state index is 9.02. The lowest BCUT2D eigenvalue weighted by atomic mass is 10.2. The lowest BCUT2D eigenvalue weighted by molar-refractivity contribution is 0.413. The van der Waals surface area contributed by atoms with E-state index in [1.807, 2.05) is 6.07 Å². The van der Waals surface area contributed by atoms with Gasteiger partial charge in [-0.2, -0.15) is 5.26 Å². The van der Waals surface area contributed by atoms with Crippen molar-refractivity contribution in [2.45, 2.75) is 0 Å². The Morgan fingerprint density at radius 2 is 2.00 bits per heavy atom. The molecule has 0 aliphatic carbocycles. The van der Waals surface area contributed by atoms with Crippen molar-refractivity contribution in [1.82, 2.24) is 4.98 Å². The number of aromatic nitrogens is 1. The van der Waals surface area contributed by atoms with Crippen LogP contribution in [-0.4, -0.2) is 12.1 Å². The van der Waals surface area contributed by atoms with E-state index in [2.05, 4.69) is 4.98 Å². The molecule has 6 heteroatoms. The molecule has 1 aromatic heterocycles. The molecular weight excluding hydrogens is 287 g/mol. The molecule has 0 N–H and O–H groups in total. The van der Waals surface area contributed by atoms with E-state index in [0.29, 0.717) is 22.3 Å². The van der Waals surface area contributed by atoms with Gasteiger partial charge in [0, 0.05) is 18.3 Å². The topological polar surface area (TPSA) is 55.1 Å². The van der Waals surface area contributed by atoms with Crippen LogP contribution in [0.5, 0.6) is 17.2 Å². The Labute approximate surface area is 120 Å². The van der Waals surface area contributed by atoms with Crippen molar-refractivity contribution in [1.29, 1.82) is 5.26 Å². The summed E-state index contributed by atoms with van der Waals surface area (Å²) in [4.78, 5) is 3.81. The number of benzene rings is 1. The number of nitriles is 1. The van der Waals surface area contributed by atoms with Gasteiger partial charge in [-0.1, -0.05) is 23.2 Å². The monoisotopic (exact) mass is 294 g/mol. The summed E-state index contributed by atoms with van der Waals surface area (Å²) in [7, 11) is 1.54. The first-order valence-electron chi connectivity index (χ1n) is 5.21. The molecule has 0 atom stereocenters. The molecular formula is C13H8Cl2N2O2. The zero-order valence-electron chi connectivity index (χ0n) is 9.85. The molecule has 0 aliphatic heterocycles. The molecule has 0 fully saturated rings. The van der Waals surface area contributed by atoms with Crippen LogP contribution in [0.2, 0.25) is 10.2 Å². The Balaban J connectivity index is 2.37. The molecule has 0 spiro atoms. The third-order valence-corrected chi connectivity index (χ3v) is 2.92. The standard InChI is InChI=1S/C13H8Cl2N2O2/c1-18-8-2-3-12(10(14)6-8)19-11-4-5-17-13(15)9(11)7-16/h2-6H,1H3. The van der Waals surface area contributed by atoms with E-state index >= 15 is 0 Å². The Morgan fingerprint density at radius 1 is 1.21 bits per heavy atom. The van der Waals surface area contributed by atoms with E-state index in [4.69, 9.17) is 37.9 Å². The maximum atomic E-state index is 9.02. The normalized spacial score (nSPS) is 9.79. The number of ether oxygens (including phenoxy) is 2. The summed E-state index contributed by atoms with van der Waals surface area (Å²) < 4.78 is 10.6. The van der Waals surface area contributed by atoms with Gasteiger partial charge in [-0.05, 0) is 12.1 Å². The predicted octanol–water partition coefficient (Wildman–Crippen LogP) is 4.06. The van der Waals surface area contributed by atoms with E-state index < -0.39 is 0 Å². The molecule has 1 heterocycles. The molecule has 0 amide bonds. The predicted molar refractivity (Wildman–Crippen MR) is 72.0 cm³/mol. The van der Waals surface area contributed by atoms with Crippen LogP contribution in [0.25, 0.3) is 0 Å². The van der Waals surface area contributed by atoms with Gasteiger partial charge in [-0.3, -0.25) is 0 Å². The number of halogens is 2. The highest BCUT2D eigenvalue weighted by Gasteiger charge is 2.12. The lowest BCUT2D eigenvalue weighted by Crippen LogP contribution is -1.92. The highest BCUT2D eigenvalue weighted by atomic mass is 35.5. The summed E-state index contributed by atoms with van der Waals surface area (Å²) in [6.45, 7) is 0.